The SMILES string of the molecule is COc1cc2ccc1Oc1cccc(F)c1CNC(=O)CCCN(C(=O)c1ccc(C3CCCO3)s1)CCCNC2=O. The van der Waals surface area contributed by atoms with E-state index >= 15 is 0 Å². The molecule has 0 spiro atoms. The maximum Gasteiger partial charge on any atom is 0.263 e. The molecule has 1 aromatic heterocycles. The van der Waals surface area contributed by atoms with Gasteiger partial charge in [0.2, 0.25) is 5.91 Å². The zero-order valence-electron chi connectivity index (χ0n) is 23.5. The second-order valence-corrected chi connectivity index (χ2v) is 11.3. The van der Waals surface area contributed by atoms with E-state index < -0.39 is 5.82 Å². The Kier molecular flexibility index (Phi) is 9.70. The first-order valence-corrected chi connectivity index (χ1v) is 14.9. The Balaban J connectivity index is 1.35. The predicted molar refractivity (Wildman–Crippen MR) is 156 cm³/mol. The molecular formula is C31H34FN3O6S. The van der Waals surface area contributed by atoms with Gasteiger partial charge in [0.05, 0.1) is 18.1 Å². The number of thiophene rings is 1. The molecule has 3 aliphatic heterocycles. The van der Waals surface area contributed by atoms with Crippen LogP contribution in [-0.4, -0.2) is 56.0 Å². The summed E-state index contributed by atoms with van der Waals surface area (Å²) >= 11 is 1.44. The average molecular weight is 596 g/mol. The number of hydrogen-bond donors (Lipinski definition) is 2. The molecule has 2 bridgehead atoms. The normalized spacial score (nSPS) is 18.6. The largest absolute Gasteiger partial charge is 0.493 e. The molecule has 0 aliphatic carbocycles. The summed E-state index contributed by atoms with van der Waals surface area (Å²) in [6, 6.07) is 12.9. The van der Waals surface area contributed by atoms with Crippen molar-refractivity contribution in [1.29, 1.82) is 0 Å². The molecule has 1 fully saturated rings. The van der Waals surface area contributed by atoms with Gasteiger partial charge in [-0.15, -0.1) is 11.3 Å². The van der Waals surface area contributed by atoms with E-state index in [1.165, 1.54) is 30.6 Å². The van der Waals surface area contributed by atoms with Gasteiger partial charge in [-0.1, -0.05) is 6.07 Å². The highest BCUT2D eigenvalue weighted by atomic mass is 32.1. The van der Waals surface area contributed by atoms with Crippen molar-refractivity contribution in [3.63, 3.8) is 0 Å². The number of fused-ring (bicyclic) bond motifs is 13. The van der Waals surface area contributed by atoms with Crippen LogP contribution >= 0.6 is 11.3 Å². The van der Waals surface area contributed by atoms with E-state index in [1.807, 2.05) is 12.1 Å². The van der Waals surface area contributed by atoms with Crippen LogP contribution in [0.5, 0.6) is 17.2 Å². The number of amides is 3. The molecule has 1 unspecified atom stereocenters. The number of carbonyl (C=O) groups is 3. The molecule has 6 rings (SSSR count). The maximum absolute atomic E-state index is 14.8. The zero-order chi connectivity index (χ0) is 29.5. The van der Waals surface area contributed by atoms with Crippen molar-refractivity contribution < 1.29 is 33.0 Å². The lowest BCUT2D eigenvalue weighted by molar-refractivity contribution is -0.121. The van der Waals surface area contributed by atoms with Crippen molar-refractivity contribution in [3.8, 4) is 17.2 Å². The number of halogens is 1. The summed E-state index contributed by atoms with van der Waals surface area (Å²) in [5.41, 5.74) is 0.557. The minimum absolute atomic E-state index is 0.0352. The molecule has 222 valence electrons. The quantitative estimate of drug-likeness (QED) is 0.431. The molecule has 0 radical (unpaired) electrons. The van der Waals surface area contributed by atoms with Crippen LogP contribution in [0.15, 0.2) is 48.5 Å². The second kappa shape index (κ2) is 13.8. The summed E-state index contributed by atoms with van der Waals surface area (Å²) in [4.78, 5) is 42.5. The number of nitrogens with one attached hydrogen (secondary N) is 2. The Bertz CT molecular complexity index is 1440. The number of benzene rings is 2. The fourth-order valence-corrected chi connectivity index (χ4v) is 6.07. The molecule has 9 nitrogen and oxygen atoms in total. The Morgan fingerprint density at radius 1 is 1.05 bits per heavy atom. The number of nitrogens with zero attached hydrogens (tertiary/aromatic N) is 1. The number of ether oxygens (including phenoxy) is 3. The van der Waals surface area contributed by atoms with Crippen LogP contribution < -0.4 is 20.1 Å². The van der Waals surface area contributed by atoms with Gasteiger partial charge in [-0.25, -0.2) is 4.39 Å². The van der Waals surface area contributed by atoms with Crippen molar-refractivity contribution in [1.82, 2.24) is 15.5 Å². The van der Waals surface area contributed by atoms with Gasteiger partial charge < -0.3 is 29.7 Å². The summed E-state index contributed by atoms with van der Waals surface area (Å²) in [6.45, 7) is 1.77. The third kappa shape index (κ3) is 7.08. The van der Waals surface area contributed by atoms with Gasteiger partial charge in [0.15, 0.2) is 11.5 Å². The Morgan fingerprint density at radius 2 is 1.90 bits per heavy atom. The molecule has 11 heteroatoms. The zero-order valence-corrected chi connectivity index (χ0v) is 24.3. The second-order valence-electron chi connectivity index (χ2n) is 10.2. The van der Waals surface area contributed by atoms with E-state index in [9.17, 15) is 18.8 Å². The summed E-state index contributed by atoms with van der Waals surface area (Å²) in [6.07, 6.45) is 3.10. The Morgan fingerprint density at radius 3 is 2.71 bits per heavy atom. The van der Waals surface area contributed by atoms with Crippen molar-refractivity contribution in [2.24, 2.45) is 0 Å². The predicted octanol–water partition coefficient (Wildman–Crippen LogP) is 5.21. The van der Waals surface area contributed by atoms with Crippen molar-refractivity contribution in [2.75, 3.05) is 33.4 Å². The molecule has 1 saturated heterocycles. The number of hydrogen-bond acceptors (Lipinski definition) is 7. The molecule has 42 heavy (non-hydrogen) atoms. The summed E-state index contributed by atoms with van der Waals surface area (Å²) in [5.74, 6) is -0.375. The summed E-state index contributed by atoms with van der Waals surface area (Å²) in [7, 11) is 1.45. The van der Waals surface area contributed by atoms with Crippen LogP contribution in [-0.2, 0) is 16.1 Å². The van der Waals surface area contributed by atoms with E-state index in [1.54, 1.807) is 29.2 Å². The fraction of sp³-hybridized carbons (Fsp3) is 0.387. The highest BCUT2D eigenvalue weighted by Gasteiger charge is 2.24. The lowest BCUT2D eigenvalue weighted by atomic mass is 10.1. The number of rotatable bonds is 3. The van der Waals surface area contributed by atoms with E-state index in [0.717, 1.165) is 24.3 Å². The van der Waals surface area contributed by atoms with Gasteiger partial charge in [-0.2, -0.15) is 0 Å². The van der Waals surface area contributed by atoms with Crippen molar-refractivity contribution in [3.05, 3.63) is 75.2 Å². The standard InChI is InChI=1S/C31H34FN3O6S/c1-39-26-18-20-10-11-24(26)41-23-7-2-6-22(32)21(23)19-34-29(36)9-3-15-35(16-5-14-33-30(20)37)31(38)28-13-12-27(42-28)25-8-4-17-40-25/h2,6-7,10-13,18,25H,3-5,8-9,14-17,19H2,1H3,(H,33,37)(H,34,36). The first-order chi connectivity index (χ1) is 20.4. The van der Waals surface area contributed by atoms with Gasteiger partial charge in [0.1, 0.15) is 11.6 Å². The molecule has 3 aliphatic rings. The van der Waals surface area contributed by atoms with Gasteiger partial charge in [0.25, 0.3) is 11.8 Å². The van der Waals surface area contributed by atoms with Gasteiger partial charge in [-0.3, -0.25) is 14.4 Å². The van der Waals surface area contributed by atoms with Gasteiger partial charge in [-0.05, 0) is 68.1 Å². The fourth-order valence-electron chi connectivity index (χ4n) is 5.01. The monoisotopic (exact) mass is 595 g/mol. The molecule has 3 aromatic rings. The minimum atomic E-state index is -0.524. The molecule has 3 amide bonds. The molecular weight excluding hydrogens is 561 g/mol. The molecule has 2 aromatic carbocycles. The van der Waals surface area contributed by atoms with Crippen LogP contribution in [0.4, 0.5) is 4.39 Å². The van der Waals surface area contributed by atoms with E-state index in [0.29, 0.717) is 54.4 Å². The highest BCUT2D eigenvalue weighted by Crippen LogP contribution is 2.35. The Labute approximate surface area is 247 Å². The van der Waals surface area contributed by atoms with Gasteiger partial charge in [0, 0.05) is 55.2 Å². The summed E-state index contributed by atoms with van der Waals surface area (Å²) < 4.78 is 32.0. The number of carbonyl (C=O) groups excluding carboxylic acids is 3. The van der Waals surface area contributed by atoms with Crippen LogP contribution in [0.1, 0.15) is 68.7 Å². The van der Waals surface area contributed by atoms with Crippen LogP contribution in [0.3, 0.4) is 0 Å². The third-order valence-corrected chi connectivity index (χ3v) is 8.44. The minimum Gasteiger partial charge on any atom is -0.493 e. The first-order valence-electron chi connectivity index (χ1n) is 14.1. The van der Waals surface area contributed by atoms with Crippen molar-refractivity contribution >= 4 is 29.1 Å². The maximum atomic E-state index is 14.8. The Hall–Kier alpha value is -3.96. The van der Waals surface area contributed by atoms with Crippen LogP contribution in [0.2, 0.25) is 0 Å². The topological polar surface area (TPSA) is 106 Å². The summed E-state index contributed by atoms with van der Waals surface area (Å²) in [5, 5.41) is 5.67. The van der Waals surface area contributed by atoms with Crippen molar-refractivity contribution in [2.45, 2.75) is 44.8 Å². The van der Waals surface area contributed by atoms with Gasteiger partial charge >= 0.3 is 0 Å². The molecule has 1 atom stereocenters. The average Bonchev–Trinajstić information content (AvgIpc) is 3.70. The highest BCUT2D eigenvalue weighted by molar-refractivity contribution is 7.14. The van der Waals surface area contributed by atoms with E-state index in [2.05, 4.69) is 10.6 Å². The van der Waals surface area contributed by atoms with E-state index in [4.69, 9.17) is 14.2 Å². The van der Waals surface area contributed by atoms with Crippen LogP contribution in [0, 0.1) is 5.82 Å². The smallest absolute Gasteiger partial charge is 0.263 e. The van der Waals surface area contributed by atoms with E-state index in [-0.39, 0.29) is 48.1 Å². The van der Waals surface area contributed by atoms with Crippen LogP contribution in [0.25, 0.3) is 0 Å². The molecule has 4 heterocycles. The molecule has 2 N–H and O–H groups in total. The first kappa shape index (κ1) is 29.5. The lowest BCUT2D eigenvalue weighted by Gasteiger charge is -2.22. The third-order valence-electron chi connectivity index (χ3n) is 7.28. The molecule has 0 saturated carbocycles. The lowest BCUT2D eigenvalue weighted by Crippen LogP contribution is -2.35. The number of methoxy groups -OCH3 is 1.